The largest absolute Gasteiger partial charge is 0.384 e. The van der Waals surface area contributed by atoms with Crippen LogP contribution in [0.5, 0.6) is 0 Å². The van der Waals surface area contributed by atoms with E-state index in [2.05, 4.69) is 0 Å². The molecule has 2 N–H and O–H groups in total. The molecule has 0 fully saturated rings. The molecular weight excluding hydrogens is 396 g/mol. The van der Waals surface area contributed by atoms with E-state index in [0.29, 0.717) is 10.6 Å². The molecule has 6 heteroatoms. The van der Waals surface area contributed by atoms with Gasteiger partial charge in [-0.15, -0.1) is 0 Å². The van der Waals surface area contributed by atoms with E-state index < -0.39 is 16.7 Å². The Balaban J connectivity index is 1.77. The second-order valence-corrected chi connectivity index (χ2v) is 8.54. The van der Waals surface area contributed by atoms with Gasteiger partial charge in [-0.3, -0.25) is 4.57 Å². The number of imidazole rings is 1. The number of hydrogen-bond donors (Lipinski definition) is 2. The maximum Gasteiger partial charge on any atom is 0.186 e. The van der Waals surface area contributed by atoms with Gasteiger partial charge in [-0.1, -0.05) is 54.6 Å². The highest BCUT2D eigenvalue weighted by Gasteiger charge is 2.23. The van der Waals surface area contributed by atoms with E-state index >= 15 is 0 Å². The first kappa shape index (κ1) is 20.2. The quantitative estimate of drug-likeness (QED) is 0.447. The van der Waals surface area contributed by atoms with Gasteiger partial charge in [0.1, 0.15) is 11.4 Å². The van der Waals surface area contributed by atoms with E-state index in [9.17, 15) is 13.9 Å². The van der Waals surface area contributed by atoms with Gasteiger partial charge in [0.25, 0.3) is 0 Å². The monoisotopic (exact) mass is 418 g/mol. The van der Waals surface area contributed by atoms with Crippen molar-refractivity contribution in [3.05, 3.63) is 90.8 Å². The summed E-state index contributed by atoms with van der Waals surface area (Å²) in [5.74, 6) is 0.748. The first-order valence-corrected chi connectivity index (χ1v) is 10.6. The van der Waals surface area contributed by atoms with Crippen molar-refractivity contribution >= 4 is 11.1 Å². The zero-order valence-electron chi connectivity index (χ0n) is 16.7. The van der Waals surface area contributed by atoms with E-state index in [1.54, 1.807) is 32.0 Å². The van der Waals surface area contributed by atoms with E-state index in [0.717, 1.165) is 28.2 Å². The Morgan fingerprint density at radius 2 is 1.53 bits per heavy atom. The van der Waals surface area contributed by atoms with E-state index in [1.165, 1.54) is 0 Å². The Hall–Kier alpha value is -3.06. The third kappa shape index (κ3) is 4.11. The molecule has 1 heterocycles. The number of benzene rings is 3. The second kappa shape index (κ2) is 7.99. The predicted molar refractivity (Wildman–Crippen MR) is 119 cm³/mol. The molecule has 0 radical (unpaired) electrons. The van der Waals surface area contributed by atoms with Crippen molar-refractivity contribution < 1.29 is 13.9 Å². The molecule has 0 aliphatic rings. The molecule has 5 nitrogen and oxygen atoms in total. The second-order valence-electron chi connectivity index (χ2n) is 7.57. The summed E-state index contributed by atoms with van der Waals surface area (Å²) in [4.78, 5) is 5.06. The Kier molecular flexibility index (Phi) is 5.39. The molecular formula is C24H22N2O3S. The molecule has 1 atom stereocenters. The lowest BCUT2D eigenvalue weighted by molar-refractivity contribution is 0.0743. The molecule has 0 amide bonds. The molecule has 152 valence electrons. The molecule has 30 heavy (non-hydrogen) atoms. The van der Waals surface area contributed by atoms with E-state index in [1.807, 2.05) is 71.4 Å². The highest BCUT2D eigenvalue weighted by atomic mass is 32.2. The Labute approximate surface area is 178 Å². The summed E-state index contributed by atoms with van der Waals surface area (Å²) in [5.41, 5.74) is 3.19. The fourth-order valence-electron chi connectivity index (χ4n) is 3.26. The van der Waals surface area contributed by atoms with Gasteiger partial charge in [-0.2, -0.15) is 0 Å². The standard InChI is InChI=1S/C24H22N2O3S/c1-24(2,27)22-16-26(23(25-22)18-7-4-3-5-8-18)20-13-11-17(12-14-20)19-9-6-10-21(15-19)30(28)29/h3-16,27H,1-2H3,(H,28,29). The minimum Gasteiger partial charge on any atom is -0.384 e. The maximum atomic E-state index is 11.4. The molecule has 1 unspecified atom stereocenters. The molecule has 0 aliphatic heterocycles. The number of hydrogen-bond acceptors (Lipinski definition) is 3. The van der Waals surface area contributed by atoms with Crippen molar-refractivity contribution in [2.45, 2.75) is 24.3 Å². The summed E-state index contributed by atoms with van der Waals surface area (Å²) in [5, 5.41) is 10.5. The van der Waals surface area contributed by atoms with Gasteiger partial charge in [0, 0.05) is 17.4 Å². The summed E-state index contributed by atoms with van der Waals surface area (Å²) in [6.45, 7) is 3.44. The molecule has 0 saturated heterocycles. The average molecular weight is 419 g/mol. The first-order chi connectivity index (χ1) is 14.3. The van der Waals surface area contributed by atoms with Gasteiger partial charge in [-0.05, 0) is 49.2 Å². The van der Waals surface area contributed by atoms with Crippen LogP contribution >= 0.6 is 0 Å². The van der Waals surface area contributed by atoms with Gasteiger partial charge in [0.2, 0.25) is 0 Å². The number of aromatic nitrogens is 2. The predicted octanol–water partition coefficient (Wildman–Crippen LogP) is 5.01. The van der Waals surface area contributed by atoms with Crippen LogP contribution in [0.2, 0.25) is 0 Å². The van der Waals surface area contributed by atoms with Crippen LogP contribution in [0.3, 0.4) is 0 Å². The van der Waals surface area contributed by atoms with Crippen LogP contribution in [-0.4, -0.2) is 23.4 Å². The van der Waals surface area contributed by atoms with Gasteiger partial charge in [-0.25, -0.2) is 9.19 Å². The Morgan fingerprint density at radius 3 is 2.17 bits per heavy atom. The molecule has 1 aromatic heterocycles. The summed E-state index contributed by atoms with van der Waals surface area (Å²) < 4.78 is 22.7. The van der Waals surface area contributed by atoms with Crippen LogP contribution in [0, 0.1) is 0 Å². The van der Waals surface area contributed by atoms with Crippen molar-refractivity contribution in [3.8, 4) is 28.2 Å². The van der Waals surface area contributed by atoms with E-state index in [4.69, 9.17) is 4.98 Å². The SMILES string of the molecule is CC(C)(O)c1cn(-c2ccc(-c3cccc(S(=O)O)c3)cc2)c(-c2ccccc2)n1. The molecule has 0 spiro atoms. The first-order valence-electron chi connectivity index (χ1n) is 9.52. The van der Waals surface area contributed by atoms with Crippen LogP contribution < -0.4 is 0 Å². The minimum absolute atomic E-state index is 0.368. The highest BCUT2D eigenvalue weighted by molar-refractivity contribution is 7.79. The van der Waals surface area contributed by atoms with Crippen LogP contribution in [0.25, 0.3) is 28.2 Å². The molecule has 0 saturated carbocycles. The molecule has 3 aromatic carbocycles. The molecule has 0 bridgehead atoms. The lowest BCUT2D eigenvalue weighted by Gasteiger charge is -2.13. The lowest BCUT2D eigenvalue weighted by Crippen LogP contribution is -2.15. The normalized spacial score (nSPS) is 12.7. The summed E-state index contributed by atoms with van der Waals surface area (Å²) >= 11 is -2.01. The van der Waals surface area contributed by atoms with Gasteiger partial charge in [0.15, 0.2) is 11.1 Å². The van der Waals surface area contributed by atoms with E-state index in [-0.39, 0.29) is 0 Å². The van der Waals surface area contributed by atoms with Crippen molar-refractivity contribution in [1.29, 1.82) is 0 Å². The lowest BCUT2D eigenvalue weighted by atomic mass is 10.1. The van der Waals surface area contributed by atoms with Crippen molar-refractivity contribution in [3.63, 3.8) is 0 Å². The average Bonchev–Trinajstić information content (AvgIpc) is 3.21. The zero-order chi connectivity index (χ0) is 21.3. The van der Waals surface area contributed by atoms with Gasteiger partial charge >= 0.3 is 0 Å². The van der Waals surface area contributed by atoms with Crippen LogP contribution in [0.4, 0.5) is 0 Å². The van der Waals surface area contributed by atoms with Crippen LogP contribution in [-0.2, 0) is 16.7 Å². The van der Waals surface area contributed by atoms with Gasteiger partial charge < -0.3 is 9.66 Å². The number of rotatable bonds is 5. The van der Waals surface area contributed by atoms with Gasteiger partial charge in [0.05, 0.1) is 10.6 Å². The Bertz CT molecular complexity index is 1190. The maximum absolute atomic E-state index is 11.4. The number of aliphatic hydroxyl groups is 1. The molecule has 4 rings (SSSR count). The zero-order valence-corrected chi connectivity index (χ0v) is 17.5. The van der Waals surface area contributed by atoms with Crippen molar-refractivity contribution in [2.75, 3.05) is 0 Å². The summed E-state index contributed by atoms with van der Waals surface area (Å²) in [6, 6.07) is 24.7. The molecule has 0 aliphatic carbocycles. The van der Waals surface area contributed by atoms with Crippen molar-refractivity contribution in [2.24, 2.45) is 0 Å². The summed E-state index contributed by atoms with van der Waals surface area (Å²) in [6.07, 6.45) is 1.85. The highest BCUT2D eigenvalue weighted by Crippen LogP contribution is 2.29. The summed E-state index contributed by atoms with van der Waals surface area (Å²) in [7, 11) is 0. The topological polar surface area (TPSA) is 75.4 Å². The fraction of sp³-hybridized carbons (Fsp3) is 0.125. The van der Waals surface area contributed by atoms with Crippen LogP contribution in [0.15, 0.2) is 90.0 Å². The Morgan fingerprint density at radius 1 is 0.867 bits per heavy atom. The third-order valence-electron chi connectivity index (χ3n) is 4.88. The minimum atomic E-state index is -2.01. The smallest absolute Gasteiger partial charge is 0.186 e. The van der Waals surface area contributed by atoms with Crippen molar-refractivity contribution in [1.82, 2.24) is 9.55 Å². The number of nitrogens with zero attached hydrogens (tertiary/aromatic N) is 2. The molecule has 4 aromatic rings. The third-order valence-corrected chi connectivity index (χ3v) is 5.54. The van der Waals surface area contributed by atoms with Crippen LogP contribution in [0.1, 0.15) is 19.5 Å². The fourth-order valence-corrected chi connectivity index (χ4v) is 3.68.